The van der Waals surface area contributed by atoms with Crippen LogP contribution in [0.3, 0.4) is 0 Å². The lowest BCUT2D eigenvalue weighted by atomic mass is 10.00. The van der Waals surface area contributed by atoms with Crippen LogP contribution in [0.15, 0.2) is 41.2 Å². The number of para-hydroxylation sites is 1. The fourth-order valence-electron chi connectivity index (χ4n) is 2.17. The van der Waals surface area contributed by atoms with Gasteiger partial charge in [-0.2, -0.15) is 0 Å². The summed E-state index contributed by atoms with van der Waals surface area (Å²) in [7, 11) is 0. The van der Waals surface area contributed by atoms with Gasteiger partial charge < -0.3 is 14.5 Å². The average molecular weight is 261 g/mol. The summed E-state index contributed by atoms with van der Waals surface area (Å²) in [5, 5.41) is 2.86. The first-order chi connectivity index (χ1) is 9.25. The van der Waals surface area contributed by atoms with Crippen molar-refractivity contribution in [3.8, 4) is 5.75 Å². The summed E-state index contributed by atoms with van der Waals surface area (Å²) in [4.78, 5) is 12.0. The summed E-state index contributed by atoms with van der Waals surface area (Å²) in [5.74, 6) is -0.415. The molecule has 2 aromatic rings. The van der Waals surface area contributed by atoms with Crippen molar-refractivity contribution in [3.05, 3.63) is 53.7 Å². The molecule has 1 aromatic heterocycles. The maximum atomic E-state index is 13.6. The van der Waals surface area contributed by atoms with E-state index in [0.29, 0.717) is 24.2 Å². The molecule has 3 rings (SSSR count). The maximum Gasteiger partial charge on any atom is 0.255 e. The predicted molar refractivity (Wildman–Crippen MR) is 65.4 cm³/mol. The number of furan rings is 1. The van der Waals surface area contributed by atoms with E-state index in [1.54, 1.807) is 18.2 Å². The Morgan fingerprint density at radius 3 is 3.05 bits per heavy atom. The fourth-order valence-corrected chi connectivity index (χ4v) is 2.17. The maximum absolute atomic E-state index is 13.6. The van der Waals surface area contributed by atoms with Crippen molar-refractivity contribution in [1.29, 1.82) is 0 Å². The highest BCUT2D eigenvalue weighted by Gasteiger charge is 2.25. The SMILES string of the molecule is O=C(N[C@H]1CCOc2c(F)cccc21)c1ccoc1. The number of halogens is 1. The monoisotopic (exact) mass is 261 g/mol. The zero-order chi connectivity index (χ0) is 13.2. The van der Waals surface area contributed by atoms with Crippen LogP contribution < -0.4 is 10.1 Å². The molecular formula is C14H12FNO3. The third kappa shape index (κ3) is 2.19. The molecule has 1 N–H and O–H groups in total. The van der Waals surface area contributed by atoms with E-state index in [2.05, 4.69) is 5.32 Å². The van der Waals surface area contributed by atoms with Crippen LogP contribution in [0, 0.1) is 5.82 Å². The van der Waals surface area contributed by atoms with Crippen LogP contribution in [0.2, 0.25) is 0 Å². The molecule has 1 amide bonds. The minimum atomic E-state index is -0.403. The van der Waals surface area contributed by atoms with E-state index in [1.165, 1.54) is 18.6 Å². The highest BCUT2D eigenvalue weighted by molar-refractivity contribution is 5.94. The molecule has 0 bridgehead atoms. The molecule has 0 radical (unpaired) electrons. The Bertz CT molecular complexity index is 595. The average Bonchev–Trinajstić information content (AvgIpc) is 2.94. The third-order valence-electron chi connectivity index (χ3n) is 3.11. The zero-order valence-electron chi connectivity index (χ0n) is 10.1. The second-order valence-electron chi connectivity index (χ2n) is 4.33. The van der Waals surface area contributed by atoms with Gasteiger partial charge in [0.25, 0.3) is 5.91 Å². The van der Waals surface area contributed by atoms with Gasteiger partial charge in [-0.1, -0.05) is 12.1 Å². The fraction of sp³-hybridized carbons (Fsp3) is 0.214. The predicted octanol–water partition coefficient (Wildman–Crippen LogP) is 2.67. The number of ether oxygens (including phenoxy) is 1. The summed E-state index contributed by atoms with van der Waals surface area (Å²) in [6.07, 6.45) is 3.42. The molecule has 5 heteroatoms. The van der Waals surface area contributed by atoms with Gasteiger partial charge in [-0.05, 0) is 12.1 Å². The molecule has 0 unspecified atom stereocenters. The summed E-state index contributed by atoms with van der Waals surface area (Å²) < 4.78 is 23.8. The topological polar surface area (TPSA) is 51.5 Å². The Balaban J connectivity index is 1.84. The standard InChI is InChI=1S/C14H12FNO3/c15-11-3-1-2-10-12(5-7-19-13(10)11)16-14(17)9-4-6-18-8-9/h1-4,6,8,12H,5,7H2,(H,16,17)/t12-/m0/s1. The van der Waals surface area contributed by atoms with Gasteiger partial charge in [-0.15, -0.1) is 0 Å². The molecule has 19 heavy (non-hydrogen) atoms. The Morgan fingerprint density at radius 2 is 2.26 bits per heavy atom. The van der Waals surface area contributed by atoms with Gasteiger partial charge in [0, 0.05) is 12.0 Å². The Labute approximate surface area is 109 Å². The largest absolute Gasteiger partial charge is 0.490 e. The summed E-state index contributed by atoms with van der Waals surface area (Å²) in [6.45, 7) is 0.379. The molecule has 0 saturated heterocycles. The molecule has 0 aliphatic carbocycles. The van der Waals surface area contributed by atoms with E-state index < -0.39 is 5.82 Å². The van der Waals surface area contributed by atoms with Crippen LogP contribution in [0.5, 0.6) is 5.75 Å². The smallest absolute Gasteiger partial charge is 0.255 e. The molecule has 1 aliphatic rings. The van der Waals surface area contributed by atoms with Crippen molar-refractivity contribution in [2.45, 2.75) is 12.5 Å². The number of nitrogens with one attached hydrogen (secondary N) is 1. The number of rotatable bonds is 2. The molecule has 0 spiro atoms. The number of hydrogen-bond acceptors (Lipinski definition) is 3. The van der Waals surface area contributed by atoms with Gasteiger partial charge in [0.15, 0.2) is 11.6 Å². The first-order valence-electron chi connectivity index (χ1n) is 6.00. The number of amides is 1. The van der Waals surface area contributed by atoms with E-state index in [0.717, 1.165) is 0 Å². The normalized spacial score (nSPS) is 17.4. The van der Waals surface area contributed by atoms with Gasteiger partial charge in [0.2, 0.25) is 0 Å². The molecule has 98 valence electrons. The van der Waals surface area contributed by atoms with Crippen molar-refractivity contribution in [2.24, 2.45) is 0 Å². The lowest BCUT2D eigenvalue weighted by Gasteiger charge is -2.26. The molecule has 1 atom stereocenters. The highest BCUT2D eigenvalue weighted by Crippen LogP contribution is 2.34. The molecule has 1 aromatic carbocycles. The zero-order valence-corrected chi connectivity index (χ0v) is 10.1. The van der Waals surface area contributed by atoms with Crippen molar-refractivity contribution in [2.75, 3.05) is 6.61 Å². The lowest BCUT2D eigenvalue weighted by molar-refractivity contribution is 0.0923. The van der Waals surface area contributed by atoms with Gasteiger partial charge in [-0.3, -0.25) is 4.79 Å². The van der Waals surface area contributed by atoms with E-state index in [1.807, 2.05) is 0 Å². The van der Waals surface area contributed by atoms with Crippen LogP contribution in [0.4, 0.5) is 4.39 Å². The van der Waals surface area contributed by atoms with Gasteiger partial charge in [0.1, 0.15) is 6.26 Å². The van der Waals surface area contributed by atoms with E-state index in [-0.39, 0.29) is 17.7 Å². The second kappa shape index (κ2) is 4.76. The summed E-state index contributed by atoms with van der Waals surface area (Å²) in [5.41, 5.74) is 1.12. The number of carbonyl (C=O) groups excluding carboxylic acids is 1. The van der Waals surface area contributed by atoms with E-state index >= 15 is 0 Å². The van der Waals surface area contributed by atoms with Crippen LogP contribution in [0.25, 0.3) is 0 Å². The van der Waals surface area contributed by atoms with Crippen molar-refractivity contribution in [3.63, 3.8) is 0 Å². The van der Waals surface area contributed by atoms with Gasteiger partial charge in [-0.25, -0.2) is 4.39 Å². The van der Waals surface area contributed by atoms with Crippen LogP contribution in [-0.4, -0.2) is 12.5 Å². The van der Waals surface area contributed by atoms with Gasteiger partial charge >= 0.3 is 0 Å². The quantitative estimate of drug-likeness (QED) is 0.904. The Hall–Kier alpha value is -2.30. The molecule has 0 fully saturated rings. The minimum absolute atomic E-state index is 0.228. The molecule has 4 nitrogen and oxygen atoms in total. The highest BCUT2D eigenvalue weighted by atomic mass is 19.1. The Kier molecular flexibility index (Phi) is 2.95. The molecular weight excluding hydrogens is 249 g/mol. The van der Waals surface area contributed by atoms with Crippen LogP contribution in [-0.2, 0) is 0 Å². The third-order valence-corrected chi connectivity index (χ3v) is 3.11. The number of hydrogen-bond donors (Lipinski definition) is 1. The first kappa shape index (κ1) is 11.8. The number of benzene rings is 1. The second-order valence-corrected chi connectivity index (χ2v) is 4.33. The molecule has 1 aliphatic heterocycles. The van der Waals surface area contributed by atoms with Crippen molar-refractivity contribution >= 4 is 5.91 Å². The van der Waals surface area contributed by atoms with E-state index in [9.17, 15) is 9.18 Å². The van der Waals surface area contributed by atoms with Crippen molar-refractivity contribution in [1.82, 2.24) is 5.32 Å². The van der Waals surface area contributed by atoms with Crippen LogP contribution >= 0.6 is 0 Å². The number of carbonyl (C=O) groups is 1. The first-order valence-corrected chi connectivity index (χ1v) is 6.00. The molecule has 2 heterocycles. The molecule has 0 saturated carbocycles. The minimum Gasteiger partial charge on any atom is -0.490 e. The number of fused-ring (bicyclic) bond motifs is 1. The van der Waals surface area contributed by atoms with Crippen LogP contribution in [0.1, 0.15) is 28.4 Å². The van der Waals surface area contributed by atoms with Crippen molar-refractivity contribution < 1.29 is 18.3 Å². The summed E-state index contributed by atoms with van der Waals surface area (Å²) >= 11 is 0. The van der Waals surface area contributed by atoms with Gasteiger partial charge in [0.05, 0.1) is 24.5 Å². The lowest BCUT2D eigenvalue weighted by Crippen LogP contribution is -2.32. The van der Waals surface area contributed by atoms with E-state index in [4.69, 9.17) is 9.15 Å². The summed E-state index contributed by atoms with van der Waals surface area (Å²) in [6, 6.07) is 6.06. The Morgan fingerprint density at radius 1 is 1.37 bits per heavy atom.